The first-order valence-electron chi connectivity index (χ1n) is 11.1. The van der Waals surface area contributed by atoms with E-state index in [4.69, 9.17) is 4.99 Å². The second kappa shape index (κ2) is 12.8. The second-order valence-electron chi connectivity index (χ2n) is 8.84. The number of aromatic nitrogens is 2. The van der Waals surface area contributed by atoms with Gasteiger partial charge in [0.25, 0.3) is 0 Å². The minimum atomic E-state index is 0. The smallest absolute Gasteiger partial charge is 0.191 e. The van der Waals surface area contributed by atoms with Crippen molar-refractivity contribution in [2.75, 3.05) is 32.7 Å². The zero-order chi connectivity index (χ0) is 20.7. The fourth-order valence-electron chi connectivity index (χ4n) is 4.48. The highest BCUT2D eigenvalue weighted by Crippen LogP contribution is 2.20. The first kappa shape index (κ1) is 26.2. The molecule has 7 heteroatoms. The zero-order valence-electron chi connectivity index (χ0n) is 19.6. The molecule has 0 bridgehead atoms. The monoisotopic (exact) mass is 518 g/mol. The van der Waals surface area contributed by atoms with Crippen molar-refractivity contribution in [1.29, 1.82) is 0 Å². The topological polar surface area (TPSA) is 57.5 Å². The van der Waals surface area contributed by atoms with Gasteiger partial charge in [0.15, 0.2) is 5.96 Å². The number of piperidine rings is 1. The Labute approximate surface area is 195 Å². The summed E-state index contributed by atoms with van der Waals surface area (Å²) >= 11 is 0. The van der Waals surface area contributed by atoms with Gasteiger partial charge in [-0.1, -0.05) is 13.8 Å². The Balaban J connectivity index is 0.00000420. The fourth-order valence-corrected chi connectivity index (χ4v) is 4.48. The van der Waals surface area contributed by atoms with E-state index in [2.05, 4.69) is 62.2 Å². The zero-order valence-corrected chi connectivity index (χ0v) is 21.9. The van der Waals surface area contributed by atoms with Gasteiger partial charge >= 0.3 is 0 Å². The number of guanidine groups is 1. The van der Waals surface area contributed by atoms with Gasteiger partial charge in [-0.05, 0) is 70.9 Å². The number of nitrogens with one attached hydrogen (secondary N) is 2. The van der Waals surface area contributed by atoms with Crippen LogP contribution in [0.2, 0.25) is 0 Å². The molecule has 0 saturated carbocycles. The van der Waals surface area contributed by atoms with Crippen LogP contribution in [-0.2, 0) is 13.5 Å². The molecule has 6 nitrogen and oxygen atoms in total. The van der Waals surface area contributed by atoms with Crippen LogP contribution in [0.5, 0.6) is 0 Å². The number of halogens is 1. The minimum absolute atomic E-state index is 0. The van der Waals surface area contributed by atoms with Crippen LogP contribution in [0.1, 0.15) is 57.5 Å². The predicted molar refractivity (Wildman–Crippen MR) is 134 cm³/mol. The maximum atomic E-state index is 4.81. The van der Waals surface area contributed by atoms with E-state index in [0.29, 0.717) is 6.04 Å². The number of aryl methyl sites for hydroxylation is 2. The maximum absolute atomic E-state index is 4.81. The van der Waals surface area contributed by atoms with Crippen LogP contribution >= 0.6 is 24.0 Å². The lowest BCUT2D eigenvalue weighted by Gasteiger charge is -2.34. The summed E-state index contributed by atoms with van der Waals surface area (Å²) in [5.74, 6) is 2.58. The van der Waals surface area contributed by atoms with Crippen molar-refractivity contribution in [2.24, 2.45) is 23.9 Å². The van der Waals surface area contributed by atoms with Gasteiger partial charge in [-0.2, -0.15) is 5.10 Å². The summed E-state index contributed by atoms with van der Waals surface area (Å²) in [4.78, 5) is 7.43. The number of aliphatic imine (C=N–C) groups is 1. The van der Waals surface area contributed by atoms with Gasteiger partial charge in [-0.3, -0.25) is 9.67 Å². The molecule has 1 saturated heterocycles. The Morgan fingerprint density at radius 1 is 1.24 bits per heavy atom. The highest BCUT2D eigenvalue weighted by molar-refractivity contribution is 14.0. The Hall–Kier alpha value is -0.830. The van der Waals surface area contributed by atoms with E-state index >= 15 is 0 Å². The molecule has 2 rings (SSSR count). The van der Waals surface area contributed by atoms with Crippen molar-refractivity contribution in [3.8, 4) is 0 Å². The molecule has 3 atom stereocenters. The Morgan fingerprint density at radius 3 is 2.45 bits per heavy atom. The molecule has 2 N–H and O–H groups in total. The van der Waals surface area contributed by atoms with Gasteiger partial charge in [0.2, 0.25) is 0 Å². The quantitative estimate of drug-likeness (QED) is 0.240. The third-order valence-corrected chi connectivity index (χ3v) is 5.74. The van der Waals surface area contributed by atoms with Crippen LogP contribution < -0.4 is 10.6 Å². The molecule has 1 aromatic heterocycles. The van der Waals surface area contributed by atoms with Crippen LogP contribution in [-0.4, -0.2) is 59.4 Å². The van der Waals surface area contributed by atoms with Crippen LogP contribution in [0.15, 0.2) is 4.99 Å². The average Bonchev–Trinajstić information content (AvgIpc) is 2.84. The first-order valence-corrected chi connectivity index (χ1v) is 11.1. The van der Waals surface area contributed by atoms with E-state index < -0.39 is 0 Å². The molecule has 1 aliphatic rings. The van der Waals surface area contributed by atoms with Crippen LogP contribution in [0.4, 0.5) is 0 Å². The van der Waals surface area contributed by atoms with Gasteiger partial charge < -0.3 is 15.5 Å². The third-order valence-electron chi connectivity index (χ3n) is 5.74. The molecular weight excluding hydrogens is 475 g/mol. The van der Waals surface area contributed by atoms with Crippen LogP contribution in [0, 0.1) is 25.7 Å². The highest BCUT2D eigenvalue weighted by Gasteiger charge is 2.21. The highest BCUT2D eigenvalue weighted by atomic mass is 127. The number of rotatable bonds is 8. The summed E-state index contributed by atoms with van der Waals surface area (Å²) in [5, 5.41) is 11.5. The summed E-state index contributed by atoms with van der Waals surface area (Å²) in [6.07, 6.45) is 3.45. The molecule has 0 aromatic carbocycles. The molecule has 29 heavy (non-hydrogen) atoms. The van der Waals surface area contributed by atoms with E-state index in [1.165, 1.54) is 30.8 Å². The van der Waals surface area contributed by atoms with Crippen LogP contribution in [0.3, 0.4) is 0 Å². The van der Waals surface area contributed by atoms with Crippen molar-refractivity contribution in [1.82, 2.24) is 25.3 Å². The Bertz CT molecular complexity index is 631. The lowest BCUT2D eigenvalue weighted by Crippen LogP contribution is -2.43. The van der Waals surface area contributed by atoms with Gasteiger partial charge in [-0.15, -0.1) is 24.0 Å². The summed E-state index contributed by atoms with van der Waals surface area (Å²) in [7, 11) is 2.01. The molecule has 0 amide bonds. The number of hydrogen-bond donors (Lipinski definition) is 2. The number of likely N-dealkylation sites (tertiary alicyclic amines) is 1. The van der Waals surface area contributed by atoms with Gasteiger partial charge in [0.05, 0.1) is 5.69 Å². The molecule has 0 spiro atoms. The Morgan fingerprint density at radius 2 is 1.90 bits per heavy atom. The van der Waals surface area contributed by atoms with E-state index in [1.807, 2.05) is 11.7 Å². The SMILES string of the molecule is CCNC(=NCCCN1CC(C)CC(C)C1)NC(C)Cc1c(C)nn(C)c1C.I. The minimum Gasteiger partial charge on any atom is -0.357 e. The van der Waals surface area contributed by atoms with E-state index in [1.54, 1.807) is 0 Å². The molecule has 1 fully saturated rings. The maximum Gasteiger partial charge on any atom is 0.191 e. The first-order chi connectivity index (χ1) is 13.3. The molecular formula is C22H43IN6. The summed E-state index contributed by atoms with van der Waals surface area (Å²) in [5.41, 5.74) is 3.71. The second-order valence-corrected chi connectivity index (χ2v) is 8.84. The number of nitrogens with zero attached hydrogens (tertiary/aromatic N) is 4. The van der Waals surface area contributed by atoms with Crippen molar-refractivity contribution in [3.05, 3.63) is 17.0 Å². The molecule has 168 valence electrons. The third kappa shape index (κ3) is 8.44. The van der Waals surface area contributed by atoms with Crippen LogP contribution in [0.25, 0.3) is 0 Å². The lowest BCUT2D eigenvalue weighted by atomic mass is 9.92. The van der Waals surface area contributed by atoms with Crippen molar-refractivity contribution < 1.29 is 0 Å². The van der Waals surface area contributed by atoms with E-state index in [9.17, 15) is 0 Å². The normalized spacial score (nSPS) is 21.6. The van der Waals surface area contributed by atoms with Gasteiger partial charge in [0.1, 0.15) is 0 Å². The molecule has 3 unspecified atom stereocenters. The fraction of sp³-hybridized carbons (Fsp3) is 0.818. The average molecular weight is 519 g/mol. The summed E-state index contributed by atoms with van der Waals surface area (Å²) in [6.45, 7) is 18.7. The predicted octanol–water partition coefficient (Wildman–Crippen LogP) is 3.51. The standard InChI is InChI=1S/C22H42N6.HI/c1-8-23-22(24-10-9-11-28-14-16(2)12-17(3)15-28)25-18(4)13-21-19(5)26-27(7)20(21)6;/h16-18H,8-15H2,1-7H3,(H2,23,24,25);1H. The summed E-state index contributed by atoms with van der Waals surface area (Å²) in [6, 6.07) is 0.309. The number of hydrogen-bond acceptors (Lipinski definition) is 3. The van der Waals surface area contributed by atoms with E-state index in [0.717, 1.165) is 56.0 Å². The molecule has 0 aliphatic carbocycles. The molecule has 0 radical (unpaired) electrons. The van der Waals surface area contributed by atoms with Crippen molar-refractivity contribution >= 4 is 29.9 Å². The van der Waals surface area contributed by atoms with Crippen molar-refractivity contribution in [2.45, 2.75) is 66.8 Å². The molecule has 2 heterocycles. The molecule has 1 aromatic rings. The lowest BCUT2D eigenvalue weighted by molar-refractivity contribution is 0.140. The largest absolute Gasteiger partial charge is 0.357 e. The summed E-state index contributed by atoms with van der Waals surface area (Å²) < 4.78 is 1.97. The van der Waals surface area contributed by atoms with E-state index in [-0.39, 0.29) is 24.0 Å². The Kier molecular flexibility index (Phi) is 11.5. The van der Waals surface area contributed by atoms with Gasteiger partial charge in [-0.25, -0.2) is 0 Å². The van der Waals surface area contributed by atoms with Gasteiger partial charge in [0, 0.05) is 45.0 Å². The van der Waals surface area contributed by atoms with Crippen molar-refractivity contribution in [3.63, 3.8) is 0 Å². The molecule has 1 aliphatic heterocycles.